The van der Waals surface area contributed by atoms with E-state index in [2.05, 4.69) is 15.7 Å². The van der Waals surface area contributed by atoms with Crippen LogP contribution < -0.4 is 10.6 Å². The van der Waals surface area contributed by atoms with Gasteiger partial charge in [0, 0.05) is 17.8 Å². The molecule has 0 aliphatic carbocycles. The van der Waals surface area contributed by atoms with E-state index in [-0.39, 0.29) is 6.54 Å². The van der Waals surface area contributed by atoms with Crippen LogP contribution in [0.5, 0.6) is 0 Å². The number of urea groups is 1. The summed E-state index contributed by atoms with van der Waals surface area (Å²) in [5, 5.41) is 18.3. The van der Waals surface area contributed by atoms with Crippen LogP contribution in [0.4, 0.5) is 10.5 Å². The molecule has 2 aromatic rings. The number of benzene rings is 1. The predicted octanol–water partition coefficient (Wildman–Crippen LogP) is 1.94. The number of aliphatic carboxylic acids is 1. The Bertz CT molecular complexity index is 656. The van der Waals surface area contributed by atoms with Crippen LogP contribution in [0.25, 0.3) is 0 Å². The lowest BCUT2D eigenvalue weighted by molar-refractivity contribution is -0.137. The minimum Gasteiger partial charge on any atom is -0.480 e. The Morgan fingerprint density at radius 1 is 1.38 bits per heavy atom. The number of carboxylic acid groups (broad SMARTS) is 1. The van der Waals surface area contributed by atoms with Gasteiger partial charge in [0.05, 0.1) is 11.9 Å². The summed E-state index contributed by atoms with van der Waals surface area (Å²) in [5.74, 6) is -1.00. The van der Waals surface area contributed by atoms with Crippen molar-refractivity contribution in [2.45, 2.75) is 13.1 Å². The van der Waals surface area contributed by atoms with E-state index < -0.39 is 12.0 Å². The number of nitrogens with zero attached hydrogens (tertiary/aromatic N) is 2. The van der Waals surface area contributed by atoms with Gasteiger partial charge in [-0.2, -0.15) is 5.10 Å². The van der Waals surface area contributed by atoms with Gasteiger partial charge in [-0.15, -0.1) is 0 Å². The summed E-state index contributed by atoms with van der Waals surface area (Å²) in [7, 11) is 0. The van der Waals surface area contributed by atoms with Crippen LogP contribution in [0.2, 0.25) is 5.02 Å². The first-order valence-electron chi connectivity index (χ1n) is 6.06. The summed E-state index contributed by atoms with van der Waals surface area (Å²) < 4.78 is 1.22. The Kier molecular flexibility index (Phi) is 4.78. The topological polar surface area (TPSA) is 96.2 Å². The molecule has 1 heterocycles. The van der Waals surface area contributed by atoms with Gasteiger partial charge >= 0.3 is 12.0 Å². The molecule has 8 heteroatoms. The number of halogens is 1. The van der Waals surface area contributed by atoms with Gasteiger partial charge in [0.2, 0.25) is 0 Å². The average molecular weight is 309 g/mol. The fourth-order valence-corrected chi connectivity index (χ4v) is 1.87. The van der Waals surface area contributed by atoms with Crippen molar-refractivity contribution >= 4 is 29.3 Å². The van der Waals surface area contributed by atoms with Crippen LogP contribution in [-0.2, 0) is 17.9 Å². The zero-order valence-electron chi connectivity index (χ0n) is 10.9. The number of carboxylic acids is 1. The number of carbonyl (C=O) groups excluding carboxylic acids is 1. The molecule has 7 nitrogen and oxygen atoms in total. The predicted molar refractivity (Wildman–Crippen MR) is 77.2 cm³/mol. The standard InChI is InChI=1S/C13H13ClN4O3/c14-10-3-1-2-9(4-10)5-15-13(21)17-11-6-16-18(7-11)8-12(19)20/h1-4,6-7H,5,8H2,(H,19,20)(H2,15,17,21). The molecule has 0 radical (unpaired) electrons. The number of carbonyl (C=O) groups is 2. The van der Waals surface area contributed by atoms with Crippen LogP contribution in [0.1, 0.15) is 5.56 Å². The Morgan fingerprint density at radius 3 is 2.90 bits per heavy atom. The summed E-state index contributed by atoms with van der Waals surface area (Å²) in [6.45, 7) is 0.0709. The molecule has 1 aromatic heterocycles. The molecule has 3 N–H and O–H groups in total. The highest BCUT2D eigenvalue weighted by atomic mass is 35.5. The molecular formula is C13H13ClN4O3. The van der Waals surface area contributed by atoms with Crippen molar-refractivity contribution in [3.8, 4) is 0 Å². The maximum Gasteiger partial charge on any atom is 0.325 e. The molecule has 0 fully saturated rings. The van der Waals surface area contributed by atoms with Gasteiger partial charge in [0.15, 0.2) is 0 Å². The normalized spacial score (nSPS) is 10.1. The molecule has 0 spiro atoms. The van der Waals surface area contributed by atoms with Gasteiger partial charge in [-0.05, 0) is 17.7 Å². The van der Waals surface area contributed by atoms with E-state index in [9.17, 15) is 9.59 Å². The summed E-state index contributed by atoms with van der Waals surface area (Å²) in [4.78, 5) is 22.2. The van der Waals surface area contributed by atoms with E-state index in [1.807, 2.05) is 6.07 Å². The number of aromatic nitrogens is 2. The highest BCUT2D eigenvalue weighted by Gasteiger charge is 2.06. The monoisotopic (exact) mass is 308 g/mol. The van der Waals surface area contributed by atoms with Gasteiger partial charge in [-0.3, -0.25) is 9.48 Å². The Hall–Kier alpha value is -2.54. The SMILES string of the molecule is O=C(O)Cn1cc(NC(=O)NCc2cccc(Cl)c2)cn1. The molecule has 2 rings (SSSR count). The maximum atomic E-state index is 11.7. The van der Waals surface area contributed by atoms with Crippen molar-refractivity contribution in [3.05, 3.63) is 47.2 Å². The molecule has 0 bridgehead atoms. The molecule has 0 saturated heterocycles. The lowest BCUT2D eigenvalue weighted by atomic mass is 10.2. The molecule has 0 saturated carbocycles. The quantitative estimate of drug-likeness (QED) is 0.786. The molecule has 0 aliphatic rings. The zero-order chi connectivity index (χ0) is 15.2. The summed E-state index contributed by atoms with van der Waals surface area (Å²) in [5.41, 5.74) is 1.29. The molecule has 0 atom stereocenters. The number of anilines is 1. The Morgan fingerprint density at radius 2 is 2.19 bits per heavy atom. The number of hydrogen-bond donors (Lipinski definition) is 3. The Labute approximate surface area is 125 Å². The lowest BCUT2D eigenvalue weighted by Gasteiger charge is -2.06. The third-order valence-electron chi connectivity index (χ3n) is 2.53. The average Bonchev–Trinajstić information content (AvgIpc) is 2.83. The third kappa shape index (κ3) is 4.81. The number of hydrogen-bond acceptors (Lipinski definition) is 3. The van der Waals surface area contributed by atoms with Crippen molar-refractivity contribution in [2.24, 2.45) is 0 Å². The van der Waals surface area contributed by atoms with E-state index in [4.69, 9.17) is 16.7 Å². The summed E-state index contributed by atoms with van der Waals surface area (Å²) >= 11 is 5.85. The van der Waals surface area contributed by atoms with Gasteiger partial charge in [-0.1, -0.05) is 23.7 Å². The van der Waals surface area contributed by atoms with Gasteiger partial charge in [0.25, 0.3) is 0 Å². The van der Waals surface area contributed by atoms with E-state index >= 15 is 0 Å². The second-order valence-corrected chi connectivity index (χ2v) is 4.69. The molecule has 1 aromatic carbocycles. The highest BCUT2D eigenvalue weighted by molar-refractivity contribution is 6.30. The van der Waals surface area contributed by atoms with Crippen molar-refractivity contribution in [1.82, 2.24) is 15.1 Å². The summed E-state index contributed by atoms with van der Waals surface area (Å²) in [6.07, 6.45) is 2.81. The number of rotatable bonds is 5. The molecule has 21 heavy (non-hydrogen) atoms. The van der Waals surface area contributed by atoms with E-state index in [0.717, 1.165) is 5.56 Å². The first-order chi connectivity index (χ1) is 10.0. The Balaban J connectivity index is 1.84. The molecule has 0 aliphatic heterocycles. The molecule has 2 amide bonds. The van der Waals surface area contributed by atoms with Crippen LogP contribution in [0, 0.1) is 0 Å². The van der Waals surface area contributed by atoms with E-state index in [1.54, 1.807) is 18.2 Å². The second kappa shape index (κ2) is 6.76. The maximum absolute atomic E-state index is 11.7. The minimum absolute atomic E-state index is 0.258. The number of nitrogens with one attached hydrogen (secondary N) is 2. The van der Waals surface area contributed by atoms with Crippen molar-refractivity contribution in [1.29, 1.82) is 0 Å². The van der Waals surface area contributed by atoms with E-state index in [0.29, 0.717) is 17.3 Å². The van der Waals surface area contributed by atoms with Crippen molar-refractivity contribution in [3.63, 3.8) is 0 Å². The first kappa shape index (κ1) is 14.9. The molecule has 0 unspecified atom stereocenters. The van der Waals surface area contributed by atoms with Gasteiger partial charge in [-0.25, -0.2) is 4.79 Å². The van der Waals surface area contributed by atoms with Crippen LogP contribution in [0.15, 0.2) is 36.7 Å². The smallest absolute Gasteiger partial charge is 0.325 e. The fourth-order valence-electron chi connectivity index (χ4n) is 1.66. The van der Waals surface area contributed by atoms with Crippen LogP contribution in [0.3, 0.4) is 0 Å². The molecular weight excluding hydrogens is 296 g/mol. The lowest BCUT2D eigenvalue weighted by Crippen LogP contribution is -2.28. The number of amides is 2. The van der Waals surface area contributed by atoms with Gasteiger partial charge < -0.3 is 15.7 Å². The summed E-state index contributed by atoms with van der Waals surface area (Å²) in [6, 6.07) is 6.74. The zero-order valence-corrected chi connectivity index (χ0v) is 11.7. The van der Waals surface area contributed by atoms with E-state index in [1.165, 1.54) is 17.1 Å². The first-order valence-corrected chi connectivity index (χ1v) is 6.44. The van der Waals surface area contributed by atoms with Crippen molar-refractivity contribution < 1.29 is 14.7 Å². The minimum atomic E-state index is -1.00. The highest BCUT2D eigenvalue weighted by Crippen LogP contribution is 2.10. The van der Waals surface area contributed by atoms with Gasteiger partial charge in [0.1, 0.15) is 6.54 Å². The van der Waals surface area contributed by atoms with Crippen LogP contribution in [-0.4, -0.2) is 26.9 Å². The fraction of sp³-hybridized carbons (Fsp3) is 0.154. The van der Waals surface area contributed by atoms with Crippen molar-refractivity contribution in [2.75, 3.05) is 5.32 Å². The van der Waals surface area contributed by atoms with Crippen LogP contribution >= 0.6 is 11.6 Å². The third-order valence-corrected chi connectivity index (χ3v) is 2.77. The second-order valence-electron chi connectivity index (χ2n) is 4.26. The largest absolute Gasteiger partial charge is 0.480 e. The molecule has 110 valence electrons.